The molecule has 1 saturated heterocycles. The van der Waals surface area contributed by atoms with Gasteiger partial charge in [-0.1, -0.05) is 0 Å². The van der Waals surface area contributed by atoms with Crippen molar-refractivity contribution >= 4 is 5.91 Å². The van der Waals surface area contributed by atoms with Crippen LogP contribution < -0.4 is 5.32 Å². The van der Waals surface area contributed by atoms with E-state index < -0.39 is 0 Å². The molecule has 1 aromatic rings. The van der Waals surface area contributed by atoms with Crippen LogP contribution in [-0.4, -0.2) is 40.1 Å². The number of carbonyl (C=O) groups is 1. The minimum absolute atomic E-state index is 0.222. The average molecular weight is 210 g/mol. The summed E-state index contributed by atoms with van der Waals surface area (Å²) in [5.74, 6) is -0.222. The molecule has 0 aromatic carbocycles. The Bertz CT molecular complexity index is 330. The summed E-state index contributed by atoms with van der Waals surface area (Å²) < 4.78 is 5.55. The van der Waals surface area contributed by atoms with Crippen LogP contribution in [0, 0.1) is 0 Å². The van der Waals surface area contributed by atoms with Gasteiger partial charge in [0.2, 0.25) is 0 Å². The van der Waals surface area contributed by atoms with Crippen LogP contribution in [0.25, 0.3) is 0 Å². The Morgan fingerprint density at radius 2 is 2.67 bits per heavy atom. The first kappa shape index (κ1) is 10.1. The lowest BCUT2D eigenvalue weighted by Gasteiger charge is -2.22. The topological polar surface area (TPSA) is 79.9 Å². The van der Waals surface area contributed by atoms with Crippen LogP contribution >= 0.6 is 0 Å². The van der Waals surface area contributed by atoms with E-state index in [4.69, 9.17) is 4.74 Å². The van der Waals surface area contributed by atoms with Gasteiger partial charge in [-0.2, -0.15) is 15.4 Å². The molecule has 1 atom stereocenters. The zero-order valence-corrected chi connectivity index (χ0v) is 8.62. The molecule has 1 aliphatic rings. The van der Waals surface area contributed by atoms with Crippen LogP contribution in [0.1, 0.15) is 30.3 Å². The zero-order chi connectivity index (χ0) is 10.7. The first-order valence-electron chi connectivity index (χ1n) is 4.98. The molecule has 0 bridgehead atoms. The highest BCUT2D eigenvalue weighted by Crippen LogP contribution is 2.23. The summed E-state index contributed by atoms with van der Waals surface area (Å²) in [4.78, 5) is 11.5. The van der Waals surface area contributed by atoms with Crippen molar-refractivity contribution in [2.45, 2.75) is 25.4 Å². The molecule has 1 unspecified atom stereocenters. The van der Waals surface area contributed by atoms with Crippen molar-refractivity contribution in [3.05, 3.63) is 11.9 Å². The number of aromatic amines is 1. The third-order valence-corrected chi connectivity index (χ3v) is 2.57. The van der Waals surface area contributed by atoms with Gasteiger partial charge in [-0.05, 0) is 19.8 Å². The Labute approximate surface area is 87.4 Å². The van der Waals surface area contributed by atoms with E-state index in [1.807, 2.05) is 6.92 Å². The number of nitrogens with zero attached hydrogens (tertiary/aromatic N) is 2. The van der Waals surface area contributed by atoms with Gasteiger partial charge in [0.1, 0.15) is 0 Å². The fourth-order valence-electron chi connectivity index (χ4n) is 1.65. The second-order valence-corrected chi connectivity index (χ2v) is 3.94. The number of amides is 1. The summed E-state index contributed by atoms with van der Waals surface area (Å²) in [6, 6.07) is 0. The molecule has 2 heterocycles. The standard InChI is InChI=1S/C9H14N4O2/c1-9(3-2-4-15-9)6-10-8(14)7-5-11-13-12-7/h5H,2-4,6H2,1H3,(H,10,14)(H,11,12,13). The van der Waals surface area contributed by atoms with E-state index in [1.54, 1.807) is 0 Å². The minimum Gasteiger partial charge on any atom is -0.373 e. The highest BCUT2D eigenvalue weighted by Gasteiger charge is 2.30. The van der Waals surface area contributed by atoms with E-state index in [0.717, 1.165) is 19.4 Å². The molecule has 2 rings (SSSR count). The molecule has 6 heteroatoms. The predicted octanol–water partition coefficient (Wildman–Crippen LogP) is 0.104. The summed E-state index contributed by atoms with van der Waals surface area (Å²) in [6.45, 7) is 3.29. The van der Waals surface area contributed by atoms with Crippen LogP contribution in [0.5, 0.6) is 0 Å². The molecule has 15 heavy (non-hydrogen) atoms. The van der Waals surface area contributed by atoms with E-state index in [9.17, 15) is 4.79 Å². The van der Waals surface area contributed by atoms with Crippen molar-refractivity contribution in [2.24, 2.45) is 0 Å². The molecule has 2 N–H and O–H groups in total. The molecule has 1 amide bonds. The van der Waals surface area contributed by atoms with Crippen molar-refractivity contribution in [1.82, 2.24) is 20.7 Å². The van der Waals surface area contributed by atoms with E-state index >= 15 is 0 Å². The number of hydrogen-bond donors (Lipinski definition) is 2. The van der Waals surface area contributed by atoms with Crippen molar-refractivity contribution < 1.29 is 9.53 Å². The number of nitrogens with one attached hydrogen (secondary N) is 2. The number of carbonyl (C=O) groups excluding carboxylic acids is 1. The van der Waals surface area contributed by atoms with Gasteiger partial charge in [-0.25, -0.2) is 0 Å². The summed E-state index contributed by atoms with van der Waals surface area (Å²) >= 11 is 0. The Kier molecular flexibility index (Phi) is 2.68. The Morgan fingerprint density at radius 3 is 3.27 bits per heavy atom. The predicted molar refractivity (Wildman–Crippen MR) is 52.3 cm³/mol. The lowest BCUT2D eigenvalue weighted by molar-refractivity contribution is 0.0205. The third-order valence-electron chi connectivity index (χ3n) is 2.57. The minimum atomic E-state index is -0.223. The van der Waals surface area contributed by atoms with Crippen molar-refractivity contribution in [1.29, 1.82) is 0 Å². The van der Waals surface area contributed by atoms with E-state index in [0.29, 0.717) is 12.2 Å². The third kappa shape index (κ3) is 2.33. The van der Waals surface area contributed by atoms with Gasteiger partial charge in [0.25, 0.3) is 5.91 Å². The number of aromatic nitrogens is 3. The monoisotopic (exact) mass is 210 g/mol. The molecular formula is C9H14N4O2. The van der Waals surface area contributed by atoms with Crippen LogP contribution in [-0.2, 0) is 4.74 Å². The highest BCUT2D eigenvalue weighted by molar-refractivity contribution is 5.91. The summed E-state index contributed by atoms with van der Waals surface area (Å²) in [7, 11) is 0. The summed E-state index contributed by atoms with van der Waals surface area (Å²) in [5.41, 5.74) is 0.0796. The number of hydrogen-bond acceptors (Lipinski definition) is 4. The molecule has 1 aliphatic heterocycles. The summed E-state index contributed by atoms with van der Waals surface area (Å²) in [5, 5.41) is 12.4. The maximum Gasteiger partial charge on any atom is 0.273 e. The van der Waals surface area contributed by atoms with E-state index in [1.165, 1.54) is 6.20 Å². The first-order chi connectivity index (χ1) is 7.20. The zero-order valence-electron chi connectivity index (χ0n) is 8.62. The Morgan fingerprint density at radius 1 is 1.80 bits per heavy atom. The largest absolute Gasteiger partial charge is 0.373 e. The highest BCUT2D eigenvalue weighted by atomic mass is 16.5. The fourth-order valence-corrected chi connectivity index (χ4v) is 1.65. The maximum atomic E-state index is 11.5. The van der Waals surface area contributed by atoms with Gasteiger partial charge in [0, 0.05) is 13.2 Å². The van der Waals surface area contributed by atoms with Crippen molar-refractivity contribution in [3.8, 4) is 0 Å². The lowest BCUT2D eigenvalue weighted by Crippen LogP contribution is -2.40. The molecular weight excluding hydrogens is 196 g/mol. The molecule has 0 aliphatic carbocycles. The van der Waals surface area contributed by atoms with Gasteiger partial charge < -0.3 is 10.1 Å². The second-order valence-electron chi connectivity index (χ2n) is 3.94. The normalized spacial score (nSPS) is 25.4. The molecule has 1 aromatic heterocycles. The Balaban J connectivity index is 1.85. The number of ether oxygens (including phenoxy) is 1. The lowest BCUT2D eigenvalue weighted by atomic mass is 10.0. The molecule has 0 saturated carbocycles. The molecule has 6 nitrogen and oxygen atoms in total. The number of rotatable bonds is 3. The SMILES string of the molecule is CC1(CNC(=O)c2cn[nH]n2)CCCO1. The van der Waals surface area contributed by atoms with Crippen LogP contribution in [0.2, 0.25) is 0 Å². The van der Waals surface area contributed by atoms with Crippen molar-refractivity contribution in [3.63, 3.8) is 0 Å². The number of H-pyrrole nitrogens is 1. The van der Waals surface area contributed by atoms with Crippen molar-refractivity contribution in [2.75, 3.05) is 13.2 Å². The maximum absolute atomic E-state index is 11.5. The Hall–Kier alpha value is -1.43. The molecule has 1 fully saturated rings. The molecule has 0 spiro atoms. The van der Waals surface area contributed by atoms with Crippen LogP contribution in [0.3, 0.4) is 0 Å². The average Bonchev–Trinajstić information content (AvgIpc) is 2.85. The quantitative estimate of drug-likeness (QED) is 0.741. The smallest absolute Gasteiger partial charge is 0.273 e. The van der Waals surface area contributed by atoms with Crippen LogP contribution in [0.4, 0.5) is 0 Å². The van der Waals surface area contributed by atoms with Gasteiger partial charge >= 0.3 is 0 Å². The van der Waals surface area contributed by atoms with E-state index in [-0.39, 0.29) is 11.5 Å². The molecule has 0 radical (unpaired) electrons. The fraction of sp³-hybridized carbons (Fsp3) is 0.667. The van der Waals surface area contributed by atoms with Crippen LogP contribution in [0.15, 0.2) is 6.20 Å². The van der Waals surface area contributed by atoms with E-state index in [2.05, 4.69) is 20.7 Å². The van der Waals surface area contributed by atoms with Gasteiger partial charge in [-0.3, -0.25) is 4.79 Å². The van der Waals surface area contributed by atoms with Gasteiger partial charge in [-0.15, -0.1) is 0 Å². The first-order valence-corrected chi connectivity index (χ1v) is 4.98. The van der Waals surface area contributed by atoms with Gasteiger partial charge in [0.05, 0.1) is 11.8 Å². The second kappa shape index (κ2) is 3.98. The summed E-state index contributed by atoms with van der Waals surface area (Å²) in [6.07, 6.45) is 3.43. The molecule has 82 valence electrons. The van der Waals surface area contributed by atoms with Gasteiger partial charge in [0.15, 0.2) is 5.69 Å².